The number of benzene rings is 1. The first-order chi connectivity index (χ1) is 15.5. The SMILES string of the molecule is CC(O)C(C)(C)S(=O)C1(CN2CCc3c(C(=O)NCc4ccc(Cl)cc4)csc3C2=O)CC1. The number of amides is 2. The molecule has 0 radical (unpaired) electrons. The number of rotatable bonds is 8. The zero-order valence-electron chi connectivity index (χ0n) is 19.0. The van der Waals surface area contributed by atoms with Crippen LogP contribution >= 0.6 is 22.9 Å². The van der Waals surface area contributed by atoms with Gasteiger partial charge in [-0.25, -0.2) is 0 Å². The highest BCUT2D eigenvalue weighted by molar-refractivity contribution is 7.88. The lowest BCUT2D eigenvalue weighted by Crippen LogP contribution is -2.50. The van der Waals surface area contributed by atoms with Gasteiger partial charge in [-0.05, 0) is 63.3 Å². The maximum absolute atomic E-state index is 13.3. The van der Waals surface area contributed by atoms with E-state index in [-0.39, 0.29) is 11.8 Å². The van der Waals surface area contributed by atoms with Crippen LogP contribution in [0.4, 0.5) is 0 Å². The van der Waals surface area contributed by atoms with Crippen LogP contribution in [0.3, 0.4) is 0 Å². The molecule has 178 valence electrons. The molecule has 1 fully saturated rings. The van der Waals surface area contributed by atoms with Gasteiger partial charge in [0.1, 0.15) is 0 Å². The summed E-state index contributed by atoms with van der Waals surface area (Å²) >= 11 is 7.20. The van der Waals surface area contributed by atoms with Crippen molar-refractivity contribution >= 4 is 45.6 Å². The minimum atomic E-state index is -1.27. The molecule has 0 saturated heterocycles. The minimum absolute atomic E-state index is 0.101. The summed E-state index contributed by atoms with van der Waals surface area (Å²) < 4.78 is 12.1. The van der Waals surface area contributed by atoms with Gasteiger partial charge in [0, 0.05) is 40.8 Å². The molecule has 2 aliphatic rings. The number of fused-ring (bicyclic) bond motifs is 1. The fraction of sp³-hybridized carbons (Fsp3) is 0.500. The number of halogens is 1. The van der Waals surface area contributed by atoms with E-state index in [2.05, 4.69) is 5.32 Å². The van der Waals surface area contributed by atoms with Crippen LogP contribution in [0.1, 0.15) is 64.8 Å². The Morgan fingerprint density at radius 2 is 2.00 bits per heavy atom. The van der Waals surface area contributed by atoms with Gasteiger partial charge in [-0.2, -0.15) is 0 Å². The predicted octanol–water partition coefficient (Wildman–Crippen LogP) is 3.77. The molecule has 1 aliphatic carbocycles. The van der Waals surface area contributed by atoms with Crippen molar-refractivity contribution in [2.45, 2.75) is 62.2 Å². The number of aliphatic hydroxyl groups excluding tert-OH is 1. The van der Waals surface area contributed by atoms with Gasteiger partial charge in [-0.15, -0.1) is 11.3 Å². The van der Waals surface area contributed by atoms with E-state index in [9.17, 15) is 18.9 Å². The highest BCUT2D eigenvalue weighted by Gasteiger charge is 2.56. The van der Waals surface area contributed by atoms with Crippen molar-refractivity contribution < 1.29 is 18.9 Å². The van der Waals surface area contributed by atoms with E-state index in [0.717, 1.165) is 24.0 Å². The Morgan fingerprint density at radius 3 is 2.61 bits per heavy atom. The molecule has 6 nitrogen and oxygen atoms in total. The molecule has 2 unspecified atom stereocenters. The number of carbonyl (C=O) groups excluding carboxylic acids is 2. The molecule has 2 heterocycles. The van der Waals surface area contributed by atoms with Gasteiger partial charge in [0.25, 0.3) is 11.8 Å². The third kappa shape index (κ3) is 4.76. The molecule has 1 aliphatic heterocycles. The van der Waals surface area contributed by atoms with Crippen LogP contribution in [0.25, 0.3) is 0 Å². The number of carbonyl (C=O) groups is 2. The molecule has 1 aromatic carbocycles. The lowest BCUT2D eigenvalue weighted by molar-refractivity contribution is 0.0741. The molecule has 2 atom stereocenters. The van der Waals surface area contributed by atoms with Gasteiger partial charge in [0.2, 0.25) is 0 Å². The van der Waals surface area contributed by atoms with Crippen LogP contribution in [0.2, 0.25) is 5.02 Å². The Labute approximate surface area is 205 Å². The fourth-order valence-electron chi connectivity index (χ4n) is 4.13. The van der Waals surface area contributed by atoms with E-state index in [1.807, 2.05) is 26.0 Å². The summed E-state index contributed by atoms with van der Waals surface area (Å²) in [5.41, 5.74) is 2.30. The largest absolute Gasteiger partial charge is 0.392 e. The Bertz CT molecular complexity index is 1090. The van der Waals surface area contributed by atoms with Crippen molar-refractivity contribution in [3.05, 3.63) is 56.2 Å². The normalized spacial score (nSPS) is 19.1. The van der Waals surface area contributed by atoms with E-state index >= 15 is 0 Å². The van der Waals surface area contributed by atoms with Gasteiger partial charge < -0.3 is 15.3 Å². The van der Waals surface area contributed by atoms with Gasteiger partial charge in [-0.3, -0.25) is 13.8 Å². The van der Waals surface area contributed by atoms with E-state index in [1.165, 1.54) is 11.3 Å². The molecular weight excluding hydrogens is 480 g/mol. The number of nitrogens with zero attached hydrogens (tertiary/aromatic N) is 1. The Hall–Kier alpha value is -1.74. The molecule has 1 saturated carbocycles. The van der Waals surface area contributed by atoms with Gasteiger partial charge >= 0.3 is 0 Å². The molecule has 33 heavy (non-hydrogen) atoms. The lowest BCUT2D eigenvalue weighted by Gasteiger charge is -2.36. The summed E-state index contributed by atoms with van der Waals surface area (Å²) in [6.45, 7) is 6.60. The average Bonchev–Trinajstić information content (AvgIpc) is 3.43. The van der Waals surface area contributed by atoms with Crippen LogP contribution in [0, 0.1) is 0 Å². The second-order valence-corrected chi connectivity index (χ2v) is 13.2. The Morgan fingerprint density at radius 1 is 1.33 bits per heavy atom. The summed E-state index contributed by atoms with van der Waals surface area (Å²) in [4.78, 5) is 28.4. The van der Waals surface area contributed by atoms with Gasteiger partial charge in [0.05, 0.1) is 26.0 Å². The van der Waals surface area contributed by atoms with Gasteiger partial charge in [0.15, 0.2) is 0 Å². The summed E-state index contributed by atoms with van der Waals surface area (Å²) in [6.07, 6.45) is 1.46. The minimum Gasteiger partial charge on any atom is -0.392 e. The van der Waals surface area contributed by atoms with Crippen molar-refractivity contribution in [3.8, 4) is 0 Å². The third-order valence-electron chi connectivity index (χ3n) is 6.78. The Balaban J connectivity index is 1.43. The molecule has 2 aromatic rings. The highest BCUT2D eigenvalue weighted by Crippen LogP contribution is 2.47. The van der Waals surface area contributed by atoms with Crippen molar-refractivity contribution in [2.75, 3.05) is 13.1 Å². The van der Waals surface area contributed by atoms with Crippen molar-refractivity contribution in [1.29, 1.82) is 0 Å². The summed E-state index contributed by atoms with van der Waals surface area (Å²) in [5, 5.41) is 15.4. The number of thiophene rings is 1. The molecule has 0 spiro atoms. The fourth-order valence-corrected chi connectivity index (χ4v) is 7.49. The number of nitrogens with one attached hydrogen (secondary N) is 1. The number of hydrogen-bond donors (Lipinski definition) is 2. The average molecular weight is 509 g/mol. The smallest absolute Gasteiger partial charge is 0.264 e. The molecule has 0 bridgehead atoms. The number of hydrogen-bond acceptors (Lipinski definition) is 5. The zero-order chi connectivity index (χ0) is 24.0. The van der Waals surface area contributed by atoms with E-state index in [0.29, 0.717) is 41.5 Å². The molecule has 1 aromatic heterocycles. The van der Waals surface area contributed by atoms with Crippen molar-refractivity contribution in [3.63, 3.8) is 0 Å². The van der Waals surface area contributed by atoms with Crippen LogP contribution in [-0.4, -0.2) is 54.7 Å². The van der Waals surface area contributed by atoms with Crippen LogP contribution in [0.15, 0.2) is 29.6 Å². The quantitative estimate of drug-likeness (QED) is 0.568. The zero-order valence-corrected chi connectivity index (χ0v) is 21.4. The van der Waals surface area contributed by atoms with Gasteiger partial charge in [-0.1, -0.05) is 23.7 Å². The molecule has 2 N–H and O–H groups in total. The van der Waals surface area contributed by atoms with E-state index in [4.69, 9.17) is 11.6 Å². The second kappa shape index (κ2) is 9.13. The van der Waals surface area contributed by atoms with E-state index in [1.54, 1.807) is 29.3 Å². The van der Waals surface area contributed by atoms with Crippen molar-refractivity contribution in [1.82, 2.24) is 10.2 Å². The van der Waals surface area contributed by atoms with Crippen molar-refractivity contribution in [2.24, 2.45) is 0 Å². The topological polar surface area (TPSA) is 86.7 Å². The van der Waals surface area contributed by atoms with E-state index < -0.39 is 26.4 Å². The molecule has 9 heteroatoms. The second-order valence-electron chi connectivity index (χ2n) is 9.47. The summed E-state index contributed by atoms with van der Waals surface area (Å²) in [6, 6.07) is 7.29. The Kier molecular flexibility index (Phi) is 6.75. The maximum atomic E-state index is 13.3. The molecule has 4 rings (SSSR count). The monoisotopic (exact) mass is 508 g/mol. The lowest BCUT2D eigenvalue weighted by atomic mass is 10.0. The van der Waals surface area contributed by atoms with Crippen LogP contribution in [-0.2, 0) is 23.8 Å². The predicted molar refractivity (Wildman–Crippen MR) is 132 cm³/mol. The first kappa shape index (κ1) is 24.4. The number of aliphatic hydroxyl groups is 1. The highest BCUT2D eigenvalue weighted by atomic mass is 35.5. The summed E-state index contributed by atoms with van der Waals surface area (Å²) in [5.74, 6) is -0.293. The summed E-state index contributed by atoms with van der Waals surface area (Å²) in [7, 11) is -1.27. The standard InChI is InChI=1S/C24H29ClN2O4S2/c1-15(28)23(2,3)33(31)24(9-10-24)14-27-11-8-18-19(13-32-20(18)22(27)30)21(29)26-12-16-4-6-17(25)7-5-16/h4-7,13,15,28H,8-12,14H2,1-3H3,(H,26,29). The first-order valence-electron chi connectivity index (χ1n) is 11.1. The third-order valence-corrected chi connectivity index (χ3v) is 10.7. The molecule has 2 amide bonds. The maximum Gasteiger partial charge on any atom is 0.264 e. The molecular formula is C24H29ClN2O4S2. The van der Waals surface area contributed by atoms with Crippen LogP contribution in [0.5, 0.6) is 0 Å². The van der Waals surface area contributed by atoms with Crippen LogP contribution < -0.4 is 5.32 Å². The first-order valence-corrected chi connectivity index (χ1v) is 13.5.